The molecule has 4 atom stereocenters. The van der Waals surface area contributed by atoms with Crippen molar-refractivity contribution >= 4 is 34.9 Å². The number of Topliss-reactive ketones (excluding diaryl/α,β-unsaturated/α-hetero) is 1. The molecule has 3 aliphatic rings. The Balaban J connectivity index is 1.22. The number of nitro benzene ring substituents is 1. The van der Waals surface area contributed by atoms with E-state index in [9.17, 15) is 29.3 Å². The number of amides is 2. The van der Waals surface area contributed by atoms with Crippen LogP contribution >= 0.6 is 0 Å². The van der Waals surface area contributed by atoms with Crippen LogP contribution in [0, 0.1) is 33.8 Å². The van der Waals surface area contributed by atoms with E-state index >= 15 is 0 Å². The monoisotopic (exact) mass is 446 g/mol. The zero-order valence-corrected chi connectivity index (χ0v) is 17.2. The number of nitro groups is 1. The van der Waals surface area contributed by atoms with E-state index in [4.69, 9.17) is 4.74 Å². The maximum absolute atomic E-state index is 12.9. The number of imide groups is 1. The second-order valence-electron chi connectivity index (χ2n) is 8.36. The zero-order chi connectivity index (χ0) is 23.3. The van der Waals surface area contributed by atoms with Gasteiger partial charge in [0.25, 0.3) is 5.69 Å². The van der Waals surface area contributed by atoms with Crippen LogP contribution in [0.3, 0.4) is 0 Å². The zero-order valence-electron chi connectivity index (χ0n) is 17.2. The van der Waals surface area contributed by atoms with E-state index in [-0.39, 0.29) is 52.3 Å². The summed E-state index contributed by atoms with van der Waals surface area (Å²) in [6.45, 7) is -0.527. The number of fused-ring (bicyclic) bond motifs is 5. The third-order valence-corrected chi connectivity index (χ3v) is 6.57. The maximum Gasteiger partial charge on any atom is 0.338 e. The molecule has 33 heavy (non-hydrogen) atoms. The highest BCUT2D eigenvalue weighted by Gasteiger charge is 2.59. The van der Waals surface area contributed by atoms with Crippen LogP contribution in [-0.2, 0) is 14.3 Å². The van der Waals surface area contributed by atoms with E-state index in [0.717, 1.165) is 6.42 Å². The van der Waals surface area contributed by atoms with Gasteiger partial charge in [0, 0.05) is 17.7 Å². The van der Waals surface area contributed by atoms with Crippen LogP contribution in [0.1, 0.15) is 27.1 Å². The summed E-state index contributed by atoms with van der Waals surface area (Å²) >= 11 is 0. The SMILES string of the molecule is O=C(COC(=O)c1ccc(N2C(=O)[C@@H]3[C@H](C2=O)[C@H]2C=C[C@H]3C2)cc1)c1ccc([N+](=O)[O-])cc1. The van der Waals surface area contributed by atoms with E-state index in [2.05, 4.69) is 0 Å². The Morgan fingerprint density at radius 2 is 1.45 bits per heavy atom. The number of non-ortho nitro benzene ring substituents is 1. The largest absolute Gasteiger partial charge is 0.454 e. The van der Waals surface area contributed by atoms with Crippen molar-refractivity contribution in [2.75, 3.05) is 11.5 Å². The molecular weight excluding hydrogens is 428 g/mol. The number of hydrogen-bond donors (Lipinski definition) is 0. The Bertz CT molecular complexity index is 1190. The Hall–Kier alpha value is -4.14. The lowest BCUT2D eigenvalue weighted by Gasteiger charge is -2.17. The standard InChI is InChI=1S/C24H18N2O7/c27-19(13-3-9-18(10-4-13)26(31)32)12-33-24(30)14-5-7-17(8-6-14)25-22(28)20-15-1-2-16(11-15)21(20)23(25)29/h1-10,15-16,20-21H,11-12H2/t15-,16-,20-,21+/m0/s1. The summed E-state index contributed by atoms with van der Waals surface area (Å²) in [6, 6.07) is 10.9. The van der Waals surface area contributed by atoms with Crippen LogP contribution in [0.4, 0.5) is 11.4 Å². The highest BCUT2D eigenvalue weighted by Crippen LogP contribution is 2.53. The fraction of sp³-hybridized carbons (Fsp3) is 0.250. The number of benzene rings is 2. The third kappa shape index (κ3) is 3.42. The Labute approximate surface area is 187 Å². The summed E-state index contributed by atoms with van der Waals surface area (Å²) in [5, 5.41) is 10.7. The molecule has 0 aromatic heterocycles. The first-order chi connectivity index (χ1) is 15.8. The van der Waals surface area contributed by atoms with Crippen molar-refractivity contribution in [1.29, 1.82) is 0 Å². The minimum absolute atomic E-state index is 0.115. The van der Waals surface area contributed by atoms with Crippen LogP contribution < -0.4 is 4.90 Å². The molecule has 1 saturated carbocycles. The van der Waals surface area contributed by atoms with E-state index in [1.807, 2.05) is 12.2 Å². The summed E-state index contributed by atoms with van der Waals surface area (Å²) in [5.74, 6) is -2.03. The molecule has 0 N–H and O–H groups in total. The van der Waals surface area contributed by atoms with Gasteiger partial charge < -0.3 is 4.74 Å². The van der Waals surface area contributed by atoms with Gasteiger partial charge in [0.2, 0.25) is 11.8 Å². The first-order valence-electron chi connectivity index (χ1n) is 10.5. The van der Waals surface area contributed by atoms with Gasteiger partial charge >= 0.3 is 5.97 Å². The second kappa shape index (κ2) is 7.77. The number of esters is 1. The molecule has 1 aliphatic heterocycles. The number of rotatable bonds is 6. The predicted octanol–water partition coefficient (Wildman–Crippen LogP) is 2.95. The van der Waals surface area contributed by atoms with Gasteiger partial charge in [-0.15, -0.1) is 0 Å². The van der Waals surface area contributed by atoms with Crippen LogP contribution in [0.25, 0.3) is 0 Å². The fourth-order valence-corrected chi connectivity index (χ4v) is 4.97. The summed E-state index contributed by atoms with van der Waals surface area (Å²) in [7, 11) is 0. The molecule has 0 radical (unpaired) electrons. The topological polar surface area (TPSA) is 124 Å². The Morgan fingerprint density at radius 3 is 2.00 bits per heavy atom. The highest BCUT2D eigenvalue weighted by molar-refractivity contribution is 6.22. The van der Waals surface area contributed by atoms with Gasteiger partial charge in [0.15, 0.2) is 12.4 Å². The van der Waals surface area contributed by atoms with Crippen molar-refractivity contribution < 1.29 is 28.8 Å². The summed E-state index contributed by atoms with van der Waals surface area (Å²) in [6.07, 6.45) is 4.90. The van der Waals surface area contributed by atoms with Gasteiger partial charge in [-0.3, -0.25) is 29.4 Å². The highest BCUT2D eigenvalue weighted by atomic mass is 16.6. The lowest BCUT2D eigenvalue weighted by atomic mass is 9.85. The average Bonchev–Trinajstić information content (AvgIpc) is 3.51. The molecule has 9 nitrogen and oxygen atoms in total. The van der Waals surface area contributed by atoms with Crippen molar-refractivity contribution in [3.8, 4) is 0 Å². The average molecular weight is 446 g/mol. The van der Waals surface area contributed by atoms with Crippen molar-refractivity contribution in [3.05, 3.63) is 81.9 Å². The van der Waals surface area contributed by atoms with Crippen LogP contribution in [0.2, 0.25) is 0 Å². The summed E-state index contributed by atoms with van der Waals surface area (Å²) < 4.78 is 5.05. The lowest BCUT2D eigenvalue weighted by Crippen LogP contribution is -2.32. The van der Waals surface area contributed by atoms with Gasteiger partial charge in [-0.05, 0) is 54.7 Å². The molecule has 5 rings (SSSR count). The first-order valence-corrected chi connectivity index (χ1v) is 10.5. The molecule has 2 amide bonds. The number of anilines is 1. The van der Waals surface area contributed by atoms with Gasteiger partial charge in [0.05, 0.1) is 28.0 Å². The van der Waals surface area contributed by atoms with Crippen molar-refractivity contribution in [2.45, 2.75) is 6.42 Å². The molecule has 2 fully saturated rings. The van der Waals surface area contributed by atoms with E-state index < -0.39 is 23.3 Å². The quantitative estimate of drug-likeness (QED) is 0.167. The van der Waals surface area contributed by atoms with Crippen LogP contribution in [-0.4, -0.2) is 35.1 Å². The second-order valence-corrected chi connectivity index (χ2v) is 8.36. The molecule has 2 aromatic rings. The Morgan fingerprint density at radius 1 is 0.909 bits per heavy atom. The molecule has 0 spiro atoms. The minimum atomic E-state index is -0.741. The normalized spacial score (nSPS) is 24.8. The molecule has 2 aliphatic carbocycles. The van der Waals surface area contributed by atoms with Gasteiger partial charge in [0.1, 0.15) is 0 Å². The smallest absolute Gasteiger partial charge is 0.338 e. The molecule has 9 heteroatoms. The van der Waals surface area contributed by atoms with Crippen molar-refractivity contribution in [3.63, 3.8) is 0 Å². The lowest BCUT2D eigenvalue weighted by molar-refractivity contribution is -0.384. The molecule has 166 valence electrons. The first kappa shape index (κ1) is 20.7. The number of carbonyl (C=O) groups excluding carboxylic acids is 4. The van der Waals surface area contributed by atoms with Gasteiger partial charge in [-0.1, -0.05) is 12.2 Å². The van der Waals surface area contributed by atoms with Gasteiger partial charge in [-0.25, -0.2) is 4.79 Å². The number of ketones is 1. The molecule has 2 bridgehead atoms. The maximum atomic E-state index is 12.9. The number of allylic oxidation sites excluding steroid dienone is 2. The number of nitrogens with zero attached hydrogens (tertiary/aromatic N) is 2. The van der Waals surface area contributed by atoms with Crippen molar-refractivity contribution in [2.24, 2.45) is 23.7 Å². The Kier molecular flexibility index (Phi) is 4.88. The minimum Gasteiger partial charge on any atom is -0.454 e. The number of ether oxygens (including phenoxy) is 1. The molecule has 1 heterocycles. The number of carbonyl (C=O) groups is 4. The van der Waals surface area contributed by atoms with Gasteiger partial charge in [-0.2, -0.15) is 0 Å². The molecule has 0 unspecified atom stereocenters. The molecular formula is C24H18N2O7. The van der Waals surface area contributed by atoms with E-state index in [1.165, 1.54) is 53.4 Å². The summed E-state index contributed by atoms with van der Waals surface area (Å²) in [4.78, 5) is 61.6. The molecule has 1 saturated heterocycles. The number of hydrogen-bond acceptors (Lipinski definition) is 7. The summed E-state index contributed by atoms with van der Waals surface area (Å²) in [5.41, 5.74) is 0.600. The van der Waals surface area contributed by atoms with Crippen LogP contribution in [0.5, 0.6) is 0 Å². The van der Waals surface area contributed by atoms with Crippen molar-refractivity contribution in [1.82, 2.24) is 0 Å². The van der Waals surface area contributed by atoms with E-state index in [1.54, 1.807) is 0 Å². The third-order valence-electron chi connectivity index (χ3n) is 6.57. The fourth-order valence-electron chi connectivity index (χ4n) is 4.97. The predicted molar refractivity (Wildman–Crippen MR) is 114 cm³/mol. The van der Waals surface area contributed by atoms with Crippen LogP contribution in [0.15, 0.2) is 60.7 Å². The van der Waals surface area contributed by atoms with E-state index in [0.29, 0.717) is 5.69 Å². The molecule has 2 aromatic carbocycles.